The quantitative estimate of drug-likeness (QED) is 0.639. The maximum atomic E-state index is 13.1. The van der Waals surface area contributed by atoms with E-state index in [9.17, 15) is 4.79 Å². The standard InChI is InChI=1S/C23H27NO2S/c1-24(2)16-22(23(25)20-12-14-27-15-13-20)19-8-10-21(11-9-19)26-17-18-6-4-3-5-7-18/h3-11,16,20H,12-15,17H2,1-2H3/b22-16+. The molecule has 0 aliphatic carbocycles. The molecule has 142 valence electrons. The fourth-order valence-corrected chi connectivity index (χ4v) is 4.30. The van der Waals surface area contributed by atoms with E-state index in [2.05, 4.69) is 0 Å². The Morgan fingerprint density at radius 2 is 1.74 bits per heavy atom. The lowest BCUT2D eigenvalue weighted by Gasteiger charge is -2.22. The third-order valence-corrected chi connectivity index (χ3v) is 5.71. The first-order chi connectivity index (χ1) is 13.1. The fraction of sp³-hybridized carbons (Fsp3) is 0.348. The third kappa shape index (κ3) is 5.64. The number of rotatable bonds is 7. The smallest absolute Gasteiger partial charge is 0.168 e. The number of thioether (sulfide) groups is 1. The summed E-state index contributed by atoms with van der Waals surface area (Å²) < 4.78 is 5.87. The van der Waals surface area contributed by atoms with Crippen molar-refractivity contribution in [3.8, 4) is 5.75 Å². The maximum absolute atomic E-state index is 13.1. The van der Waals surface area contributed by atoms with Crippen LogP contribution in [0.25, 0.3) is 5.57 Å². The number of carbonyl (C=O) groups excluding carboxylic acids is 1. The molecule has 1 fully saturated rings. The zero-order valence-corrected chi connectivity index (χ0v) is 16.9. The summed E-state index contributed by atoms with van der Waals surface area (Å²) in [5.41, 5.74) is 2.89. The summed E-state index contributed by atoms with van der Waals surface area (Å²) in [5, 5.41) is 0. The number of Topliss-reactive ketones (excluding diaryl/α,β-unsaturated/α-hetero) is 1. The van der Waals surface area contributed by atoms with Crippen molar-refractivity contribution in [3.63, 3.8) is 0 Å². The first kappa shape index (κ1) is 19.6. The maximum Gasteiger partial charge on any atom is 0.168 e. The van der Waals surface area contributed by atoms with Crippen molar-refractivity contribution in [2.24, 2.45) is 5.92 Å². The van der Waals surface area contributed by atoms with Crippen LogP contribution in [0.2, 0.25) is 0 Å². The molecule has 0 bridgehead atoms. The SMILES string of the molecule is CN(C)/C=C(/C(=O)C1CCSCC1)c1ccc(OCc2ccccc2)cc1. The van der Waals surface area contributed by atoms with E-state index in [1.54, 1.807) is 0 Å². The predicted molar refractivity (Wildman–Crippen MR) is 114 cm³/mol. The Morgan fingerprint density at radius 1 is 1.07 bits per heavy atom. The molecule has 0 amide bonds. The molecular formula is C23H27NO2S. The molecule has 2 aromatic rings. The van der Waals surface area contributed by atoms with E-state index in [0.717, 1.165) is 46.8 Å². The summed E-state index contributed by atoms with van der Waals surface area (Å²) in [6, 6.07) is 18.0. The second kappa shape index (κ2) is 9.65. The Labute approximate surface area is 166 Å². The monoisotopic (exact) mass is 381 g/mol. The summed E-state index contributed by atoms with van der Waals surface area (Å²) in [4.78, 5) is 15.0. The molecule has 1 heterocycles. The second-order valence-corrected chi connectivity index (χ2v) is 8.28. The molecule has 0 aromatic heterocycles. The number of allylic oxidation sites excluding steroid dienone is 1. The molecule has 0 unspecified atom stereocenters. The zero-order chi connectivity index (χ0) is 19.1. The Kier molecular flexibility index (Phi) is 6.99. The molecule has 1 aliphatic heterocycles. The van der Waals surface area contributed by atoms with Gasteiger partial charge in [0, 0.05) is 31.8 Å². The van der Waals surface area contributed by atoms with Gasteiger partial charge in [0.15, 0.2) is 5.78 Å². The Balaban J connectivity index is 1.72. The molecule has 1 saturated heterocycles. The van der Waals surface area contributed by atoms with Crippen molar-refractivity contribution in [3.05, 3.63) is 71.9 Å². The van der Waals surface area contributed by atoms with Gasteiger partial charge in [-0.3, -0.25) is 4.79 Å². The number of hydrogen-bond donors (Lipinski definition) is 0. The van der Waals surface area contributed by atoms with Gasteiger partial charge < -0.3 is 9.64 Å². The fourth-order valence-electron chi connectivity index (χ4n) is 3.19. The van der Waals surface area contributed by atoms with Crippen molar-refractivity contribution in [2.75, 3.05) is 25.6 Å². The minimum Gasteiger partial charge on any atom is -0.489 e. The number of hydrogen-bond acceptors (Lipinski definition) is 4. The first-order valence-electron chi connectivity index (χ1n) is 9.41. The van der Waals surface area contributed by atoms with Crippen molar-refractivity contribution in [1.29, 1.82) is 0 Å². The van der Waals surface area contributed by atoms with Crippen LogP contribution < -0.4 is 4.74 Å². The largest absolute Gasteiger partial charge is 0.489 e. The highest BCUT2D eigenvalue weighted by Crippen LogP contribution is 2.30. The van der Waals surface area contributed by atoms with E-state index in [-0.39, 0.29) is 11.7 Å². The Hall–Kier alpha value is -2.20. The van der Waals surface area contributed by atoms with E-state index in [0.29, 0.717) is 6.61 Å². The molecule has 27 heavy (non-hydrogen) atoms. The van der Waals surface area contributed by atoms with E-state index in [4.69, 9.17) is 4.74 Å². The van der Waals surface area contributed by atoms with Crippen LogP contribution in [0.1, 0.15) is 24.0 Å². The van der Waals surface area contributed by atoms with Crippen LogP contribution in [0.5, 0.6) is 5.75 Å². The summed E-state index contributed by atoms with van der Waals surface area (Å²) in [6.45, 7) is 0.541. The van der Waals surface area contributed by atoms with E-state index < -0.39 is 0 Å². The first-order valence-corrected chi connectivity index (χ1v) is 10.6. The van der Waals surface area contributed by atoms with Crippen LogP contribution in [-0.2, 0) is 11.4 Å². The molecule has 0 atom stereocenters. The van der Waals surface area contributed by atoms with Gasteiger partial charge in [0.25, 0.3) is 0 Å². The second-order valence-electron chi connectivity index (χ2n) is 7.06. The highest BCUT2D eigenvalue weighted by atomic mass is 32.2. The number of carbonyl (C=O) groups is 1. The molecule has 0 N–H and O–H groups in total. The van der Waals surface area contributed by atoms with Crippen LogP contribution in [0.4, 0.5) is 0 Å². The topological polar surface area (TPSA) is 29.5 Å². The summed E-state index contributed by atoms with van der Waals surface area (Å²) in [5.74, 6) is 3.39. The van der Waals surface area contributed by atoms with Crippen LogP contribution in [0.15, 0.2) is 60.8 Å². The molecule has 1 aliphatic rings. The van der Waals surface area contributed by atoms with Crippen molar-refractivity contribution < 1.29 is 9.53 Å². The molecule has 2 aromatic carbocycles. The van der Waals surface area contributed by atoms with E-state index in [1.165, 1.54) is 0 Å². The summed E-state index contributed by atoms with van der Waals surface area (Å²) in [6.07, 6.45) is 3.91. The number of nitrogens with zero attached hydrogens (tertiary/aromatic N) is 1. The highest BCUT2D eigenvalue weighted by molar-refractivity contribution is 7.99. The van der Waals surface area contributed by atoms with Crippen LogP contribution >= 0.6 is 11.8 Å². The highest BCUT2D eigenvalue weighted by Gasteiger charge is 2.25. The van der Waals surface area contributed by atoms with Crippen LogP contribution in [0, 0.1) is 5.92 Å². The molecule has 0 radical (unpaired) electrons. The lowest BCUT2D eigenvalue weighted by Crippen LogP contribution is -2.22. The average molecular weight is 382 g/mol. The number of benzene rings is 2. The molecular weight excluding hydrogens is 354 g/mol. The minimum absolute atomic E-state index is 0.145. The van der Waals surface area contributed by atoms with E-state index >= 15 is 0 Å². The van der Waals surface area contributed by atoms with Crippen molar-refractivity contribution >= 4 is 23.1 Å². The van der Waals surface area contributed by atoms with Gasteiger partial charge in [0.2, 0.25) is 0 Å². The normalized spacial score (nSPS) is 15.4. The van der Waals surface area contributed by atoms with Gasteiger partial charge in [0.1, 0.15) is 12.4 Å². The Bertz CT molecular complexity index is 763. The number of ketones is 1. The summed E-state index contributed by atoms with van der Waals surface area (Å²) in [7, 11) is 3.92. The van der Waals surface area contributed by atoms with Gasteiger partial charge in [-0.05, 0) is 47.6 Å². The van der Waals surface area contributed by atoms with Gasteiger partial charge in [-0.15, -0.1) is 0 Å². The van der Waals surface area contributed by atoms with Gasteiger partial charge in [-0.25, -0.2) is 0 Å². The number of ether oxygens (including phenoxy) is 1. The molecule has 0 spiro atoms. The van der Waals surface area contributed by atoms with Gasteiger partial charge >= 0.3 is 0 Å². The minimum atomic E-state index is 0.145. The molecule has 0 saturated carbocycles. The predicted octanol–water partition coefficient (Wildman–Crippen LogP) is 4.88. The Morgan fingerprint density at radius 3 is 2.37 bits per heavy atom. The lowest BCUT2D eigenvalue weighted by atomic mass is 9.89. The van der Waals surface area contributed by atoms with Crippen LogP contribution in [0.3, 0.4) is 0 Å². The molecule has 4 heteroatoms. The summed E-state index contributed by atoms with van der Waals surface area (Å²) >= 11 is 1.94. The van der Waals surface area contributed by atoms with Crippen molar-refractivity contribution in [2.45, 2.75) is 19.4 Å². The van der Waals surface area contributed by atoms with Crippen molar-refractivity contribution in [1.82, 2.24) is 4.90 Å². The zero-order valence-electron chi connectivity index (χ0n) is 16.1. The third-order valence-electron chi connectivity index (χ3n) is 4.66. The molecule has 3 nitrogen and oxygen atoms in total. The molecule has 3 rings (SSSR count). The van der Waals surface area contributed by atoms with E-state index in [1.807, 2.05) is 91.6 Å². The van der Waals surface area contributed by atoms with Gasteiger partial charge in [-0.1, -0.05) is 42.5 Å². The van der Waals surface area contributed by atoms with Gasteiger partial charge in [0.05, 0.1) is 0 Å². The van der Waals surface area contributed by atoms with Crippen LogP contribution in [-0.4, -0.2) is 36.3 Å². The lowest BCUT2D eigenvalue weighted by molar-refractivity contribution is -0.117. The average Bonchev–Trinajstić information content (AvgIpc) is 2.72. The van der Waals surface area contributed by atoms with Gasteiger partial charge in [-0.2, -0.15) is 11.8 Å².